The van der Waals surface area contributed by atoms with Gasteiger partial charge in [0.05, 0.1) is 21.3 Å². The number of nitrogens with one attached hydrogen (secondary N) is 1. The topological polar surface area (TPSA) is 68.2 Å². The van der Waals surface area contributed by atoms with Gasteiger partial charge >= 0.3 is 6.18 Å². The zero-order valence-electron chi connectivity index (χ0n) is 20.1. The highest BCUT2D eigenvalue weighted by atomic mass is 32.2. The zero-order chi connectivity index (χ0) is 27.1. The van der Waals surface area contributed by atoms with E-state index in [1.807, 2.05) is 0 Å². The Morgan fingerprint density at radius 2 is 1.24 bits per heavy atom. The lowest BCUT2D eigenvalue weighted by Crippen LogP contribution is -2.28. The SMILES string of the molecule is Cn1c(NS(=O)(=O)c2ccc(C(F)(F)F)cc2)c(P(=O)(c2ccccc2)c2ccccc2)c2ccccc21. The van der Waals surface area contributed by atoms with Crippen LogP contribution in [0.2, 0.25) is 0 Å². The number of nitrogens with zero attached hydrogens (tertiary/aromatic N) is 1. The van der Waals surface area contributed by atoms with E-state index in [4.69, 9.17) is 0 Å². The van der Waals surface area contributed by atoms with Crippen molar-refractivity contribution in [2.24, 2.45) is 7.05 Å². The Labute approximate surface area is 218 Å². The zero-order valence-corrected chi connectivity index (χ0v) is 21.8. The van der Waals surface area contributed by atoms with Crippen molar-refractivity contribution in [2.45, 2.75) is 11.1 Å². The molecule has 0 radical (unpaired) electrons. The molecule has 38 heavy (non-hydrogen) atoms. The molecule has 5 aromatic rings. The number of hydrogen-bond donors (Lipinski definition) is 1. The van der Waals surface area contributed by atoms with Crippen molar-refractivity contribution in [2.75, 3.05) is 4.72 Å². The number of rotatable bonds is 6. The Kier molecular flexibility index (Phi) is 6.45. The molecule has 10 heteroatoms. The van der Waals surface area contributed by atoms with Gasteiger partial charge in [-0.1, -0.05) is 78.9 Å². The van der Waals surface area contributed by atoms with Crippen LogP contribution in [0.3, 0.4) is 0 Å². The number of alkyl halides is 3. The van der Waals surface area contributed by atoms with Gasteiger partial charge in [0.15, 0.2) is 7.14 Å². The number of fused-ring (bicyclic) bond motifs is 1. The van der Waals surface area contributed by atoms with Gasteiger partial charge in [-0.05, 0) is 30.3 Å². The third-order valence-corrected chi connectivity index (χ3v) is 10.8. The van der Waals surface area contributed by atoms with Crippen molar-refractivity contribution in [3.8, 4) is 0 Å². The number of anilines is 1. The van der Waals surface area contributed by atoms with Crippen molar-refractivity contribution >= 4 is 49.8 Å². The third-order valence-electron chi connectivity index (χ3n) is 6.36. The second-order valence-electron chi connectivity index (χ2n) is 8.68. The Hall–Kier alpha value is -3.81. The van der Waals surface area contributed by atoms with Crippen LogP contribution >= 0.6 is 7.14 Å². The molecule has 0 amide bonds. The maximum absolute atomic E-state index is 15.3. The number of aromatic nitrogens is 1. The summed E-state index contributed by atoms with van der Waals surface area (Å²) in [5.41, 5.74) is -0.320. The van der Waals surface area contributed by atoms with E-state index in [1.165, 1.54) is 0 Å². The van der Waals surface area contributed by atoms with Gasteiger partial charge in [0.1, 0.15) is 5.82 Å². The molecule has 194 valence electrons. The minimum Gasteiger partial charge on any atom is -0.329 e. The molecule has 0 atom stereocenters. The number of hydrogen-bond acceptors (Lipinski definition) is 3. The van der Waals surface area contributed by atoms with Crippen LogP contribution in [0, 0.1) is 0 Å². The van der Waals surface area contributed by atoms with E-state index in [0.717, 1.165) is 24.3 Å². The van der Waals surface area contributed by atoms with Gasteiger partial charge in [-0.25, -0.2) is 8.42 Å². The summed E-state index contributed by atoms with van der Waals surface area (Å²) in [6.07, 6.45) is -4.60. The van der Waals surface area contributed by atoms with Crippen LogP contribution in [0.15, 0.2) is 114 Å². The molecule has 0 aliphatic rings. The third kappa shape index (κ3) is 4.42. The Morgan fingerprint density at radius 3 is 1.76 bits per heavy atom. The van der Waals surface area contributed by atoms with Crippen LogP contribution in [0.5, 0.6) is 0 Å². The standard InChI is InChI=1S/C28H22F3N2O3PS/c1-33-25-15-9-8-14-24(25)26(37(34,21-10-4-2-5-11-21)22-12-6-3-7-13-22)27(33)32-38(35,36)23-18-16-20(17-19-23)28(29,30)31/h2-19,32H,1H3. The molecule has 1 N–H and O–H groups in total. The van der Waals surface area contributed by atoms with Crippen LogP contribution in [-0.4, -0.2) is 13.0 Å². The molecule has 4 aromatic carbocycles. The summed E-state index contributed by atoms with van der Waals surface area (Å²) in [5.74, 6) is 0.0714. The Balaban J connectivity index is 1.76. The van der Waals surface area contributed by atoms with Gasteiger partial charge in [-0.3, -0.25) is 4.72 Å². The summed E-state index contributed by atoms with van der Waals surface area (Å²) >= 11 is 0. The van der Waals surface area contributed by atoms with Gasteiger partial charge in [0.2, 0.25) is 0 Å². The molecule has 0 bridgehead atoms. The molecule has 0 unspecified atom stereocenters. The van der Waals surface area contributed by atoms with E-state index in [1.54, 1.807) is 96.5 Å². The first-order valence-corrected chi connectivity index (χ1v) is 14.7. The summed E-state index contributed by atoms with van der Waals surface area (Å²) in [5, 5.41) is 1.91. The largest absolute Gasteiger partial charge is 0.416 e. The molecule has 0 aliphatic carbocycles. The highest BCUT2D eigenvalue weighted by molar-refractivity contribution is 7.93. The average Bonchev–Trinajstić information content (AvgIpc) is 3.20. The van der Waals surface area contributed by atoms with E-state index in [9.17, 15) is 21.6 Å². The van der Waals surface area contributed by atoms with Crippen LogP contribution < -0.4 is 20.6 Å². The Bertz CT molecular complexity index is 1720. The van der Waals surface area contributed by atoms with Crippen molar-refractivity contribution in [3.63, 3.8) is 0 Å². The van der Waals surface area contributed by atoms with Crippen molar-refractivity contribution in [1.82, 2.24) is 4.57 Å². The maximum Gasteiger partial charge on any atom is 0.416 e. The monoisotopic (exact) mass is 554 g/mol. The normalized spacial score (nSPS) is 12.5. The quantitative estimate of drug-likeness (QED) is 0.277. The lowest BCUT2D eigenvalue weighted by Gasteiger charge is -2.22. The van der Waals surface area contributed by atoms with Gasteiger partial charge in [-0.2, -0.15) is 13.2 Å². The first-order valence-electron chi connectivity index (χ1n) is 11.5. The van der Waals surface area contributed by atoms with E-state index in [0.29, 0.717) is 26.8 Å². The van der Waals surface area contributed by atoms with E-state index in [-0.39, 0.29) is 10.7 Å². The summed E-state index contributed by atoms with van der Waals surface area (Å²) in [7, 11) is -6.35. The van der Waals surface area contributed by atoms with Gasteiger partial charge < -0.3 is 9.13 Å². The summed E-state index contributed by atoms with van der Waals surface area (Å²) < 4.78 is 85.4. The molecule has 0 saturated carbocycles. The number of halogens is 3. The van der Waals surface area contributed by atoms with Gasteiger partial charge in [0.25, 0.3) is 10.0 Å². The fourth-order valence-electron chi connectivity index (χ4n) is 4.50. The molecule has 1 heterocycles. The predicted octanol–water partition coefficient (Wildman–Crippen LogP) is 5.64. The lowest BCUT2D eigenvalue weighted by molar-refractivity contribution is -0.137. The summed E-state index contributed by atoms with van der Waals surface area (Å²) in [6, 6.07) is 28.0. The Morgan fingerprint density at radius 1 is 0.737 bits per heavy atom. The predicted molar refractivity (Wildman–Crippen MR) is 145 cm³/mol. The van der Waals surface area contributed by atoms with Crippen molar-refractivity contribution in [3.05, 3.63) is 115 Å². The number of aryl methyl sites for hydroxylation is 1. The molecule has 0 fully saturated rings. The molecule has 0 spiro atoms. The summed E-state index contributed by atoms with van der Waals surface area (Å²) in [4.78, 5) is -0.351. The van der Waals surface area contributed by atoms with E-state index in [2.05, 4.69) is 4.72 Å². The van der Waals surface area contributed by atoms with Gasteiger partial charge in [-0.15, -0.1) is 0 Å². The lowest BCUT2D eigenvalue weighted by atomic mass is 10.2. The van der Waals surface area contributed by atoms with Gasteiger partial charge in [0, 0.05) is 23.0 Å². The molecule has 1 aromatic heterocycles. The molecule has 5 nitrogen and oxygen atoms in total. The first-order chi connectivity index (χ1) is 18.0. The molecular formula is C28H22F3N2O3PS. The van der Waals surface area contributed by atoms with Crippen LogP contribution in [0.1, 0.15) is 5.56 Å². The number of sulfonamides is 1. The number of benzene rings is 4. The number of para-hydroxylation sites is 1. The maximum atomic E-state index is 15.3. The van der Waals surface area contributed by atoms with E-state index >= 15 is 4.57 Å². The smallest absolute Gasteiger partial charge is 0.329 e. The first kappa shape index (κ1) is 25.8. The highest BCUT2D eigenvalue weighted by Crippen LogP contribution is 2.48. The van der Waals surface area contributed by atoms with Crippen LogP contribution in [0.4, 0.5) is 19.0 Å². The fourth-order valence-corrected chi connectivity index (χ4v) is 8.71. The fraction of sp³-hybridized carbons (Fsp3) is 0.0714. The average molecular weight is 555 g/mol. The molecular weight excluding hydrogens is 532 g/mol. The second-order valence-corrected chi connectivity index (χ2v) is 13.1. The van der Waals surface area contributed by atoms with E-state index < -0.39 is 28.9 Å². The molecule has 0 aliphatic heterocycles. The molecule has 5 rings (SSSR count). The second kappa shape index (κ2) is 9.49. The summed E-state index contributed by atoms with van der Waals surface area (Å²) in [6.45, 7) is 0. The van der Waals surface area contributed by atoms with Crippen molar-refractivity contribution < 1.29 is 26.2 Å². The minimum absolute atomic E-state index is 0.0714. The molecule has 0 saturated heterocycles. The minimum atomic E-state index is -4.60. The van der Waals surface area contributed by atoms with Crippen LogP contribution in [0.25, 0.3) is 10.9 Å². The van der Waals surface area contributed by atoms with Crippen LogP contribution in [-0.2, 0) is 27.8 Å². The van der Waals surface area contributed by atoms with Crippen molar-refractivity contribution in [1.29, 1.82) is 0 Å². The highest BCUT2D eigenvalue weighted by Gasteiger charge is 2.37.